The number of unbranched alkanes of at least 4 members (excludes halogenated alkanes) is 3. The van der Waals surface area contributed by atoms with E-state index in [-0.39, 0.29) is 16.0 Å². The number of nitrogens with one attached hydrogen (secondary N) is 1. The summed E-state index contributed by atoms with van der Waals surface area (Å²) in [5, 5.41) is 9.05. The molecule has 0 radical (unpaired) electrons. The molecule has 114 valence electrons. The molecule has 4 nitrogen and oxygen atoms in total. The van der Waals surface area contributed by atoms with Crippen molar-refractivity contribution in [2.24, 2.45) is 0 Å². The van der Waals surface area contributed by atoms with Crippen molar-refractivity contribution in [2.45, 2.75) is 51.0 Å². The Labute approximate surface area is 120 Å². The Balaban J connectivity index is 2.80. The molecule has 1 aromatic carbocycles. The summed E-state index contributed by atoms with van der Waals surface area (Å²) < 4.78 is 40.2. The van der Waals surface area contributed by atoms with Crippen molar-refractivity contribution in [3.05, 3.63) is 29.1 Å². The van der Waals surface area contributed by atoms with E-state index < -0.39 is 22.4 Å². The number of aryl methyl sites for hydroxylation is 1. The van der Waals surface area contributed by atoms with Crippen LogP contribution in [0, 0.1) is 12.7 Å². The van der Waals surface area contributed by atoms with Gasteiger partial charge in [0.05, 0.1) is 11.5 Å². The molecular weight excluding hydrogens is 281 g/mol. The zero-order valence-electron chi connectivity index (χ0n) is 11.9. The monoisotopic (exact) mass is 303 g/mol. The molecule has 6 heteroatoms. The first-order valence-corrected chi connectivity index (χ1v) is 8.30. The molecular formula is C14H22FNO3S. The molecule has 20 heavy (non-hydrogen) atoms. The quantitative estimate of drug-likeness (QED) is 0.725. The number of aliphatic hydroxyl groups excluding tert-OH is 1. The van der Waals surface area contributed by atoms with E-state index in [1.165, 1.54) is 19.1 Å². The highest BCUT2D eigenvalue weighted by atomic mass is 32.2. The van der Waals surface area contributed by atoms with Gasteiger partial charge in [-0.05, 0) is 31.0 Å². The number of hydrogen-bond acceptors (Lipinski definition) is 3. The molecule has 2 N–H and O–H groups in total. The first-order chi connectivity index (χ1) is 9.42. The average Bonchev–Trinajstić information content (AvgIpc) is 2.41. The van der Waals surface area contributed by atoms with Crippen molar-refractivity contribution in [1.82, 2.24) is 4.72 Å². The van der Waals surface area contributed by atoms with Gasteiger partial charge in [-0.1, -0.05) is 26.2 Å². The highest BCUT2D eigenvalue weighted by Crippen LogP contribution is 2.19. The van der Waals surface area contributed by atoms with Gasteiger partial charge in [0.1, 0.15) is 5.82 Å². The van der Waals surface area contributed by atoms with Crippen molar-refractivity contribution < 1.29 is 17.9 Å². The largest absolute Gasteiger partial charge is 0.392 e. The van der Waals surface area contributed by atoms with Crippen LogP contribution >= 0.6 is 0 Å². The van der Waals surface area contributed by atoms with Gasteiger partial charge in [0.15, 0.2) is 0 Å². The molecule has 0 bridgehead atoms. The summed E-state index contributed by atoms with van der Waals surface area (Å²) in [6.07, 6.45) is 3.92. The van der Waals surface area contributed by atoms with E-state index in [0.29, 0.717) is 6.54 Å². The Kier molecular flexibility index (Phi) is 6.58. The maximum Gasteiger partial charge on any atom is 0.240 e. The number of sulfonamides is 1. The molecule has 0 saturated carbocycles. The maximum atomic E-state index is 13.6. The van der Waals surface area contributed by atoms with Crippen LogP contribution in [0.4, 0.5) is 4.39 Å². The lowest BCUT2D eigenvalue weighted by molar-refractivity contribution is 0.275. The Bertz CT molecular complexity index is 544. The molecule has 0 spiro atoms. The van der Waals surface area contributed by atoms with Gasteiger partial charge in [-0.15, -0.1) is 0 Å². The molecule has 0 unspecified atom stereocenters. The Morgan fingerprint density at radius 3 is 2.55 bits per heavy atom. The summed E-state index contributed by atoms with van der Waals surface area (Å²) >= 11 is 0. The number of hydrogen-bond donors (Lipinski definition) is 2. The fourth-order valence-electron chi connectivity index (χ4n) is 1.92. The Morgan fingerprint density at radius 2 is 1.95 bits per heavy atom. The molecule has 0 aliphatic rings. The second kappa shape index (κ2) is 7.71. The fourth-order valence-corrected chi connectivity index (χ4v) is 3.13. The van der Waals surface area contributed by atoms with Crippen LogP contribution in [0.5, 0.6) is 0 Å². The number of aliphatic hydroxyl groups is 1. The third kappa shape index (κ3) is 4.54. The van der Waals surface area contributed by atoms with E-state index in [1.807, 2.05) is 0 Å². The standard InChI is InChI=1S/C14H22FNO3S/c1-3-4-5-6-7-16-20(18,19)13-8-11(2)14(15)12(9-13)10-17/h8-9,16-17H,3-7,10H2,1-2H3. The van der Waals surface area contributed by atoms with Gasteiger partial charge in [0.25, 0.3) is 0 Å². The van der Waals surface area contributed by atoms with Gasteiger partial charge in [-0.25, -0.2) is 17.5 Å². The summed E-state index contributed by atoms with van der Waals surface area (Å²) in [5.41, 5.74) is 0.208. The third-order valence-electron chi connectivity index (χ3n) is 3.11. The fraction of sp³-hybridized carbons (Fsp3) is 0.571. The molecule has 1 aromatic rings. The van der Waals surface area contributed by atoms with Gasteiger partial charge < -0.3 is 5.11 Å². The predicted octanol–water partition coefficient (Wildman–Crippen LogP) is 2.49. The molecule has 0 heterocycles. The molecule has 0 atom stereocenters. The Morgan fingerprint density at radius 1 is 1.25 bits per heavy atom. The summed E-state index contributed by atoms with van der Waals surface area (Å²) in [5.74, 6) is -0.561. The SMILES string of the molecule is CCCCCCNS(=O)(=O)c1cc(C)c(F)c(CO)c1. The van der Waals surface area contributed by atoms with Crippen LogP contribution in [0.15, 0.2) is 17.0 Å². The highest BCUT2D eigenvalue weighted by Gasteiger charge is 2.17. The summed E-state index contributed by atoms with van der Waals surface area (Å²) in [6, 6.07) is 2.46. The molecule has 0 fully saturated rings. The first kappa shape index (κ1) is 17.1. The lowest BCUT2D eigenvalue weighted by atomic mass is 10.1. The average molecular weight is 303 g/mol. The van der Waals surface area contributed by atoms with Crippen LogP contribution in [0.1, 0.15) is 43.7 Å². The Hall–Kier alpha value is -0.980. The van der Waals surface area contributed by atoms with Crippen LogP contribution in [0.2, 0.25) is 0 Å². The lowest BCUT2D eigenvalue weighted by Gasteiger charge is -2.10. The van der Waals surface area contributed by atoms with Crippen molar-refractivity contribution >= 4 is 10.0 Å². The van der Waals surface area contributed by atoms with Gasteiger partial charge in [-0.3, -0.25) is 0 Å². The highest BCUT2D eigenvalue weighted by molar-refractivity contribution is 7.89. The van der Waals surface area contributed by atoms with E-state index in [9.17, 15) is 12.8 Å². The van der Waals surface area contributed by atoms with Gasteiger partial charge >= 0.3 is 0 Å². The van der Waals surface area contributed by atoms with Gasteiger partial charge in [-0.2, -0.15) is 0 Å². The maximum absolute atomic E-state index is 13.6. The normalized spacial score (nSPS) is 11.8. The first-order valence-electron chi connectivity index (χ1n) is 6.82. The molecule has 1 rings (SSSR count). The molecule has 0 aliphatic heterocycles. The zero-order valence-corrected chi connectivity index (χ0v) is 12.8. The smallest absolute Gasteiger partial charge is 0.240 e. The van der Waals surface area contributed by atoms with Crippen molar-refractivity contribution in [3.8, 4) is 0 Å². The van der Waals surface area contributed by atoms with Crippen molar-refractivity contribution in [1.29, 1.82) is 0 Å². The van der Waals surface area contributed by atoms with Crippen molar-refractivity contribution in [2.75, 3.05) is 6.54 Å². The van der Waals surface area contributed by atoms with E-state index in [1.54, 1.807) is 0 Å². The van der Waals surface area contributed by atoms with Crippen LogP contribution in [0.3, 0.4) is 0 Å². The zero-order chi connectivity index (χ0) is 15.2. The minimum atomic E-state index is -3.65. The van der Waals surface area contributed by atoms with Crippen LogP contribution in [-0.2, 0) is 16.6 Å². The topological polar surface area (TPSA) is 66.4 Å². The molecule has 0 aliphatic carbocycles. The van der Waals surface area contributed by atoms with E-state index in [4.69, 9.17) is 5.11 Å². The van der Waals surface area contributed by atoms with E-state index >= 15 is 0 Å². The van der Waals surface area contributed by atoms with Gasteiger partial charge in [0, 0.05) is 12.1 Å². The summed E-state index contributed by atoms with van der Waals surface area (Å²) in [7, 11) is -3.65. The molecule has 0 aromatic heterocycles. The van der Waals surface area contributed by atoms with Crippen LogP contribution in [0.25, 0.3) is 0 Å². The van der Waals surface area contributed by atoms with Gasteiger partial charge in [0.2, 0.25) is 10.0 Å². The molecule has 0 amide bonds. The summed E-state index contributed by atoms with van der Waals surface area (Å²) in [6.45, 7) is 3.41. The lowest BCUT2D eigenvalue weighted by Crippen LogP contribution is -2.25. The molecule has 0 saturated heterocycles. The number of halogens is 1. The van der Waals surface area contributed by atoms with E-state index in [0.717, 1.165) is 25.7 Å². The third-order valence-corrected chi connectivity index (χ3v) is 4.55. The van der Waals surface area contributed by atoms with Crippen LogP contribution < -0.4 is 4.72 Å². The van der Waals surface area contributed by atoms with E-state index in [2.05, 4.69) is 11.6 Å². The number of benzene rings is 1. The van der Waals surface area contributed by atoms with Crippen molar-refractivity contribution in [3.63, 3.8) is 0 Å². The second-order valence-corrected chi connectivity index (χ2v) is 6.60. The second-order valence-electron chi connectivity index (χ2n) is 4.83. The minimum Gasteiger partial charge on any atom is -0.392 e. The summed E-state index contributed by atoms with van der Waals surface area (Å²) in [4.78, 5) is -0.00376. The predicted molar refractivity (Wildman–Crippen MR) is 76.4 cm³/mol. The number of rotatable bonds is 8. The van der Waals surface area contributed by atoms with Crippen LogP contribution in [-0.4, -0.2) is 20.1 Å². The minimum absolute atomic E-state index is 0.00337.